The van der Waals surface area contributed by atoms with Gasteiger partial charge in [-0.3, -0.25) is 4.57 Å². The number of aromatic nitrogens is 4. The molecule has 0 aliphatic heterocycles. The molecule has 0 fully saturated rings. The van der Waals surface area contributed by atoms with Crippen LogP contribution in [0.5, 0.6) is 0 Å². The summed E-state index contributed by atoms with van der Waals surface area (Å²) in [5.74, 6) is 0.862. The molecule has 1 aromatic carbocycles. The Labute approximate surface area is 131 Å². The lowest BCUT2D eigenvalue weighted by Gasteiger charge is -2.05. The van der Waals surface area contributed by atoms with Gasteiger partial charge in [-0.25, -0.2) is 15.0 Å². The normalized spacial score (nSPS) is 10.9. The second-order valence-electron chi connectivity index (χ2n) is 4.83. The van der Waals surface area contributed by atoms with Crippen LogP contribution in [0.1, 0.15) is 5.56 Å². The molecule has 5 nitrogen and oxygen atoms in total. The maximum atomic E-state index is 4.58. The summed E-state index contributed by atoms with van der Waals surface area (Å²) in [6.45, 7) is 0.712. The smallest absolute Gasteiger partial charge is 0.184 e. The average Bonchev–Trinajstić information content (AvgIpc) is 3.22. The molecule has 3 heterocycles. The molecule has 0 radical (unpaired) electrons. The Bertz CT molecular complexity index is 865. The molecule has 3 aromatic heterocycles. The number of nitrogens with zero attached hydrogens (tertiary/aromatic N) is 4. The van der Waals surface area contributed by atoms with E-state index in [0.717, 1.165) is 22.0 Å². The number of rotatable bonds is 4. The fraction of sp³-hybridized carbons (Fsp3) is 0.0625. The van der Waals surface area contributed by atoms with Gasteiger partial charge in [-0.2, -0.15) is 0 Å². The standard InChI is InChI=1S/C16H13N5S/c1-2-4-14-13(3-1)20-16(22-14)19-10-12-5-6-18-15(9-12)21-8-7-17-11-21/h1-9,11H,10H2,(H,19,20). The molecule has 1 N–H and O–H groups in total. The maximum Gasteiger partial charge on any atom is 0.184 e. The summed E-state index contributed by atoms with van der Waals surface area (Å²) in [6, 6.07) is 12.2. The van der Waals surface area contributed by atoms with Crippen molar-refractivity contribution < 1.29 is 0 Å². The van der Waals surface area contributed by atoms with E-state index in [1.54, 1.807) is 23.9 Å². The van der Waals surface area contributed by atoms with Gasteiger partial charge in [0.25, 0.3) is 0 Å². The lowest BCUT2D eigenvalue weighted by Crippen LogP contribution is -2.01. The zero-order chi connectivity index (χ0) is 14.8. The van der Waals surface area contributed by atoms with Gasteiger partial charge in [-0.05, 0) is 29.8 Å². The van der Waals surface area contributed by atoms with Crippen molar-refractivity contribution in [2.75, 3.05) is 5.32 Å². The van der Waals surface area contributed by atoms with E-state index in [0.29, 0.717) is 6.54 Å². The Balaban J connectivity index is 1.53. The summed E-state index contributed by atoms with van der Waals surface area (Å²) in [7, 11) is 0. The fourth-order valence-electron chi connectivity index (χ4n) is 2.23. The van der Waals surface area contributed by atoms with Crippen LogP contribution in [0.25, 0.3) is 16.0 Å². The van der Waals surface area contributed by atoms with Gasteiger partial charge in [0, 0.05) is 25.1 Å². The molecular weight excluding hydrogens is 294 g/mol. The molecule has 22 heavy (non-hydrogen) atoms. The van der Waals surface area contributed by atoms with Crippen LogP contribution in [0.4, 0.5) is 5.13 Å². The first-order valence-corrected chi connectivity index (χ1v) is 7.73. The summed E-state index contributed by atoms with van der Waals surface area (Å²) < 4.78 is 3.08. The van der Waals surface area contributed by atoms with Crippen LogP contribution in [0, 0.1) is 0 Å². The molecule has 0 amide bonds. The van der Waals surface area contributed by atoms with Gasteiger partial charge in [0.05, 0.1) is 10.2 Å². The number of hydrogen-bond donors (Lipinski definition) is 1. The van der Waals surface area contributed by atoms with E-state index < -0.39 is 0 Å². The molecule has 0 aliphatic rings. The number of imidazole rings is 1. The number of para-hydroxylation sites is 1. The molecule has 0 spiro atoms. The van der Waals surface area contributed by atoms with E-state index in [2.05, 4.69) is 26.3 Å². The number of pyridine rings is 1. The zero-order valence-corrected chi connectivity index (χ0v) is 12.5. The van der Waals surface area contributed by atoms with Crippen molar-refractivity contribution in [1.29, 1.82) is 0 Å². The van der Waals surface area contributed by atoms with Crippen molar-refractivity contribution in [1.82, 2.24) is 19.5 Å². The van der Waals surface area contributed by atoms with Gasteiger partial charge in [-0.15, -0.1) is 0 Å². The molecule has 108 valence electrons. The summed E-state index contributed by atoms with van der Waals surface area (Å²) in [6.07, 6.45) is 7.18. The Kier molecular flexibility index (Phi) is 3.29. The fourth-order valence-corrected chi connectivity index (χ4v) is 3.09. The van der Waals surface area contributed by atoms with Gasteiger partial charge in [0.1, 0.15) is 12.1 Å². The minimum atomic E-state index is 0.712. The molecular formula is C16H13N5S. The number of thiazole rings is 1. The topological polar surface area (TPSA) is 55.6 Å². The highest BCUT2D eigenvalue weighted by atomic mass is 32.1. The summed E-state index contributed by atoms with van der Waals surface area (Å²) >= 11 is 1.67. The molecule has 0 aliphatic carbocycles. The van der Waals surface area contributed by atoms with Crippen LogP contribution >= 0.6 is 11.3 Å². The number of benzene rings is 1. The second-order valence-corrected chi connectivity index (χ2v) is 5.86. The maximum absolute atomic E-state index is 4.58. The average molecular weight is 307 g/mol. The summed E-state index contributed by atoms with van der Waals surface area (Å²) in [5, 5.41) is 4.31. The van der Waals surface area contributed by atoms with Gasteiger partial charge in [0.15, 0.2) is 5.13 Å². The highest BCUT2D eigenvalue weighted by Gasteiger charge is 2.04. The number of anilines is 1. The first-order valence-electron chi connectivity index (χ1n) is 6.91. The highest BCUT2D eigenvalue weighted by Crippen LogP contribution is 2.25. The molecule has 0 unspecified atom stereocenters. The van der Waals surface area contributed by atoms with Crippen molar-refractivity contribution in [3.8, 4) is 5.82 Å². The Hall–Kier alpha value is -2.73. The Morgan fingerprint density at radius 2 is 2.09 bits per heavy atom. The van der Waals surface area contributed by atoms with E-state index in [9.17, 15) is 0 Å². The first kappa shape index (κ1) is 13.0. The van der Waals surface area contributed by atoms with Crippen molar-refractivity contribution in [3.05, 3.63) is 66.9 Å². The number of nitrogens with one attached hydrogen (secondary N) is 1. The third-order valence-electron chi connectivity index (χ3n) is 3.32. The predicted octanol–water partition coefficient (Wildman–Crippen LogP) is 3.49. The molecule has 6 heteroatoms. The van der Waals surface area contributed by atoms with Crippen LogP contribution in [0.2, 0.25) is 0 Å². The van der Waals surface area contributed by atoms with E-state index in [-0.39, 0.29) is 0 Å². The van der Waals surface area contributed by atoms with E-state index in [1.165, 1.54) is 4.70 Å². The van der Waals surface area contributed by atoms with E-state index >= 15 is 0 Å². The summed E-state index contributed by atoms with van der Waals surface area (Å²) in [4.78, 5) is 13.0. The summed E-state index contributed by atoms with van der Waals surface area (Å²) in [5.41, 5.74) is 2.18. The molecule has 0 saturated heterocycles. The SMILES string of the molecule is c1ccc2sc(NCc3ccnc(-n4ccnc4)c3)nc2c1. The lowest BCUT2D eigenvalue weighted by molar-refractivity contribution is 0.978. The largest absolute Gasteiger partial charge is 0.357 e. The molecule has 0 bridgehead atoms. The van der Waals surface area contributed by atoms with Gasteiger partial charge in [0.2, 0.25) is 0 Å². The molecule has 4 rings (SSSR count). The minimum Gasteiger partial charge on any atom is -0.357 e. The van der Waals surface area contributed by atoms with Crippen LogP contribution in [0.15, 0.2) is 61.3 Å². The van der Waals surface area contributed by atoms with Crippen LogP contribution in [0.3, 0.4) is 0 Å². The third kappa shape index (κ3) is 2.56. The van der Waals surface area contributed by atoms with Gasteiger partial charge >= 0.3 is 0 Å². The lowest BCUT2D eigenvalue weighted by atomic mass is 10.2. The van der Waals surface area contributed by atoms with Crippen molar-refractivity contribution >= 4 is 26.7 Å². The third-order valence-corrected chi connectivity index (χ3v) is 4.31. The monoisotopic (exact) mass is 307 g/mol. The second kappa shape index (κ2) is 5.57. The van der Waals surface area contributed by atoms with Gasteiger partial charge in [-0.1, -0.05) is 23.5 Å². The molecule has 0 atom stereocenters. The number of hydrogen-bond acceptors (Lipinski definition) is 5. The molecule has 4 aromatic rings. The Morgan fingerprint density at radius 1 is 1.14 bits per heavy atom. The minimum absolute atomic E-state index is 0.712. The number of fused-ring (bicyclic) bond motifs is 1. The van der Waals surface area contributed by atoms with Crippen LogP contribution in [-0.2, 0) is 6.54 Å². The van der Waals surface area contributed by atoms with Crippen LogP contribution in [-0.4, -0.2) is 19.5 Å². The Morgan fingerprint density at radius 3 is 2.95 bits per heavy atom. The van der Waals surface area contributed by atoms with Gasteiger partial charge < -0.3 is 5.32 Å². The predicted molar refractivity (Wildman–Crippen MR) is 88.3 cm³/mol. The zero-order valence-electron chi connectivity index (χ0n) is 11.7. The van der Waals surface area contributed by atoms with Crippen LogP contribution < -0.4 is 5.32 Å². The quantitative estimate of drug-likeness (QED) is 0.627. The van der Waals surface area contributed by atoms with Crippen molar-refractivity contribution in [3.63, 3.8) is 0 Å². The first-order chi connectivity index (χ1) is 10.9. The van der Waals surface area contributed by atoms with Crippen molar-refractivity contribution in [2.24, 2.45) is 0 Å². The van der Waals surface area contributed by atoms with Crippen molar-refractivity contribution in [2.45, 2.75) is 6.54 Å². The highest BCUT2D eigenvalue weighted by molar-refractivity contribution is 7.22. The van der Waals surface area contributed by atoms with E-state index in [1.807, 2.05) is 47.3 Å². The molecule has 0 saturated carbocycles. The van der Waals surface area contributed by atoms with E-state index in [4.69, 9.17) is 0 Å².